The predicted octanol–water partition coefficient (Wildman–Crippen LogP) is 3.33. The van der Waals surface area contributed by atoms with E-state index < -0.39 is 22.4 Å². The lowest BCUT2D eigenvalue weighted by molar-refractivity contribution is -0.384. The van der Waals surface area contributed by atoms with E-state index in [-0.39, 0.29) is 11.7 Å². The summed E-state index contributed by atoms with van der Waals surface area (Å²) >= 11 is 0. The molecule has 0 radical (unpaired) electrons. The van der Waals surface area contributed by atoms with Gasteiger partial charge in [0.2, 0.25) is 0 Å². The maximum Gasteiger partial charge on any atom is 0.416 e. The lowest BCUT2D eigenvalue weighted by Crippen LogP contribution is -2.47. The van der Waals surface area contributed by atoms with Crippen LogP contribution < -0.4 is 10.2 Å². The second-order valence-electron chi connectivity index (χ2n) is 6.33. The van der Waals surface area contributed by atoms with E-state index in [1.807, 2.05) is 0 Å². The highest BCUT2D eigenvalue weighted by atomic mass is 19.4. The summed E-state index contributed by atoms with van der Waals surface area (Å²) in [7, 11) is 1.73. The van der Waals surface area contributed by atoms with Gasteiger partial charge in [-0.3, -0.25) is 10.1 Å². The molecule has 2 heterocycles. The third kappa shape index (κ3) is 3.12. The topological polar surface area (TPSA) is 58.4 Å². The Morgan fingerprint density at radius 2 is 1.87 bits per heavy atom. The SMILES string of the molecule is CN(c1ccc(C(F)(F)F)cc1[N+](=O)[O-])C1CC2CCC(C1)N2. The van der Waals surface area contributed by atoms with Crippen molar-refractivity contribution in [2.24, 2.45) is 0 Å². The van der Waals surface area contributed by atoms with Crippen molar-refractivity contribution in [2.75, 3.05) is 11.9 Å². The van der Waals surface area contributed by atoms with E-state index in [2.05, 4.69) is 5.32 Å². The number of alkyl halides is 3. The number of nitrogens with one attached hydrogen (secondary N) is 1. The van der Waals surface area contributed by atoms with Crippen molar-refractivity contribution in [3.05, 3.63) is 33.9 Å². The number of nitro groups is 1. The molecule has 0 saturated carbocycles. The van der Waals surface area contributed by atoms with E-state index in [4.69, 9.17) is 0 Å². The van der Waals surface area contributed by atoms with Gasteiger partial charge >= 0.3 is 6.18 Å². The number of halogens is 3. The Bertz CT molecular complexity index is 608. The highest BCUT2D eigenvalue weighted by Gasteiger charge is 2.38. The Morgan fingerprint density at radius 1 is 1.26 bits per heavy atom. The summed E-state index contributed by atoms with van der Waals surface area (Å²) in [6, 6.07) is 3.65. The van der Waals surface area contributed by atoms with Crippen LogP contribution in [0.15, 0.2) is 18.2 Å². The van der Waals surface area contributed by atoms with Gasteiger partial charge in [0.1, 0.15) is 5.69 Å². The molecular formula is C15H18F3N3O2. The van der Waals surface area contributed by atoms with Crippen LogP contribution in [0.2, 0.25) is 0 Å². The summed E-state index contributed by atoms with van der Waals surface area (Å²) in [6.45, 7) is 0. The fourth-order valence-electron chi connectivity index (χ4n) is 3.68. The van der Waals surface area contributed by atoms with Crippen LogP contribution in [0, 0.1) is 10.1 Å². The number of hydrogen-bond donors (Lipinski definition) is 1. The Balaban J connectivity index is 1.90. The van der Waals surface area contributed by atoms with E-state index >= 15 is 0 Å². The Kier molecular flexibility index (Phi) is 3.95. The van der Waals surface area contributed by atoms with Gasteiger partial charge in [-0.2, -0.15) is 13.2 Å². The molecule has 126 valence electrons. The quantitative estimate of drug-likeness (QED) is 0.682. The molecule has 0 aliphatic carbocycles. The van der Waals surface area contributed by atoms with Gasteiger partial charge in [-0.1, -0.05) is 0 Å². The average Bonchev–Trinajstić information content (AvgIpc) is 2.83. The Labute approximate surface area is 131 Å². The van der Waals surface area contributed by atoms with Crippen molar-refractivity contribution in [3.63, 3.8) is 0 Å². The van der Waals surface area contributed by atoms with Crippen LogP contribution in [0.1, 0.15) is 31.2 Å². The maximum absolute atomic E-state index is 12.8. The van der Waals surface area contributed by atoms with Gasteiger partial charge in [0.25, 0.3) is 5.69 Å². The molecular weight excluding hydrogens is 311 g/mol. The minimum absolute atomic E-state index is 0.101. The lowest BCUT2D eigenvalue weighted by atomic mass is 9.97. The standard InChI is InChI=1S/C15H18F3N3O2/c1-20(12-7-10-3-4-11(8-12)19-10)13-5-2-9(15(16,17)18)6-14(13)21(22)23/h2,5-6,10-12,19H,3-4,7-8H2,1H3. The van der Waals surface area contributed by atoms with E-state index in [0.29, 0.717) is 18.2 Å². The fraction of sp³-hybridized carbons (Fsp3) is 0.600. The van der Waals surface area contributed by atoms with Crippen LogP contribution in [-0.2, 0) is 6.18 Å². The molecule has 5 nitrogen and oxygen atoms in total. The van der Waals surface area contributed by atoms with Crippen molar-refractivity contribution in [1.29, 1.82) is 0 Å². The predicted molar refractivity (Wildman–Crippen MR) is 79.5 cm³/mol. The largest absolute Gasteiger partial charge is 0.416 e. The van der Waals surface area contributed by atoms with Crippen LogP contribution in [-0.4, -0.2) is 30.1 Å². The van der Waals surface area contributed by atoms with Gasteiger partial charge in [0.15, 0.2) is 0 Å². The first-order valence-electron chi connectivity index (χ1n) is 7.60. The minimum atomic E-state index is -4.59. The second-order valence-corrected chi connectivity index (χ2v) is 6.33. The van der Waals surface area contributed by atoms with E-state index in [1.165, 1.54) is 6.07 Å². The van der Waals surface area contributed by atoms with Gasteiger partial charge in [0, 0.05) is 31.2 Å². The molecule has 2 aliphatic rings. The summed E-state index contributed by atoms with van der Waals surface area (Å²) in [5.74, 6) is 0. The van der Waals surface area contributed by atoms with Gasteiger partial charge < -0.3 is 10.2 Å². The van der Waals surface area contributed by atoms with Crippen molar-refractivity contribution in [2.45, 2.75) is 50.0 Å². The van der Waals surface area contributed by atoms with Crippen molar-refractivity contribution in [1.82, 2.24) is 5.32 Å². The summed E-state index contributed by atoms with van der Waals surface area (Å²) in [6.07, 6.45) is -0.708. The Morgan fingerprint density at radius 3 is 2.39 bits per heavy atom. The van der Waals surface area contributed by atoms with Crippen molar-refractivity contribution < 1.29 is 18.1 Å². The molecule has 23 heavy (non-hydrogen) atoms. The number of rotatable bonds is 3. The average molecular weight is 329 g/mol. The van der Waals surface area contributed by atoms with Crippen molar-refractivity contribution in [3.8, 4) is 0 Å². The summed E-state index contributed by atoms with van der Waals surface area (Å²) in [5.41, 5.74) is -1.24. The zero-order chi connectivity index (χ0) is 16.8. The number of piperidine rings is 1. The third-order valence-corrected chi connectivity index (χ3v) is 4.88. The molecule has 2 bridgehead atoms. The molecule has 2 unspecified atom stereocenters. The highest BCUT2D eigenvalue weighted by Crippen LogP contribution is 2.38. The molecule has 0 aromatic heterocycles. The molecule has 2 aliphatic heterocycles. The van der Waals surface area contributed by atoms with Crippen LogP contribution in [0.25, 0.3) is 0 Å². The number of fused-ring (bicyclic) bond motifs is 2. The fourth-order valence-corrected chi connectivity index (χ4v) is 3.68. The number of benzene rings is 1. The molecule has 2 atom stereocenters. The monoisotopic (exact) mass is 329 g/mol. The second kappa shape index (κ2) is 5.67. The number of hydrogen-bond acceptors (Lipinski definition) is 4. The van der Waals surface area contributed by atoms with Gasteiger partial charge in [-0.15, -0.1) is 0 Å². The van der Waals surface area contributed by atoms with Gasteiger partial charge in [0.05, 0.1) is 10.5 Å². The zero-order valence-electron chi connectivity index (χ0n) is 12.6. The van der Waals surface area contributed by atoms with Gasteiger partial charge in [-0.05, 0) is 37.8 Å². The Hall–Kier alpha value is -1.83. The van der Waals surface area contributed by atoms with E-state index in [9.17, 15) is 23.3 Å². The van der Waals surface area contributed by atoms with Crippen LogP contribution in [0.5, 0.6) is 0 Å². The van der Waals surface area contributed by atoms with E-state index in [0.717, 1.165) is 31.7 Å². The first-order chi connectivity index (χ1) is 10.8. The van der Waals surface area contributed by atoms with Crippen molar-refractivity contribution >= 4 is 11.4 Å². The molecule has 3 rings (SSSR count). The number of anilines is 1. The molecule has 2 saturated heterocycles. The maximum atomic E-state index is 12.8. The molecule has 1 N–H and O–H groups in total. The van der Waals surface area contributed by atoms with E-state index in [1.54, 1.807) is 11.9 Å². The van der Waals surface area contributed by atoms with Crippen LogP contribution >= 0.6 is 0 Å². The first kappa shape index (κ1) is 16.0. The summed E-state index contributed by atoms with van der Waals surface area (Å²) < 4.78 is 38.4. The first-order valence-corrected chi connectivity index (χ1v) is 7.60. The third-order valence-electron chi connectivity index (χ3n) is 4.88. The van der Waals surface area contributed by atoms with Crippen LogP contribution in [0.3, 0.4) is 0 Å². The molecule has 1 aromatic carbocycles. The zero-order valence-corrected chi connectivity index (χ0v) is 12.6. The van der Waals surface area contributed by atoms with Gasteiger partial charge in [-0.25, -0.2) is 0 Å². The normalized spacial score (nSPS) is 27.0. The minimum Gasteiger partial charge on any atom is -0.366 e. The molecule has 0 amide bonds. The summed E-state index contributed by atoms with van der Waals surface area (Å²) in [4.78, 5) is 12.3. The lowest BCUT2D eigenvalue weighted by Gasteiger charge is -2.36. The number of nitrogens with zero attached hydrogens (tertiary/aromatic N) is 2. The number of nitro benzene ring substituents is 1. The smallest absolute Gasteiger partial charge is 0.366 e. The molecule has 8 heteroatoms. The summed E-state index contributed by atoms with van der Waals surface area (Å²) in [5, 5.41) is 14.7. The molecule has 0 spiro atoms. The molecule has 1 aromatic rings. The molecule has 2 fully saturated rings. The van der Waals surface area contributed by atoms with Crippen LogP contribution in [0.4, 0.5) is 24.5 Å². The highest BCUT2D eigenvalue weighted by molar-refractivity contribution is 5.65.